The Hall–Kier alpha value is -3.41. The normalized spacial score (nSPS) is 10.9. The van der Waals surface area contributed by atoms with Crippen molar-refractivity contribution in [3.63, 3.8) is 0 Å². The van der Waals surface area contributed by atoms with Gasteiger partial charge in [-0.15, -0.1) is 6.58 Å². The number of aromatic nitrogens is 2. The van der Waals surface area contributed by atoms with E-state index in [-0.39, 0.29) is 5.56 Å². The summed E-state index contributed by atoms with van der Waals surface area (Å²) in [5, 5.41) is 4.76. The molecular weight excluding hydrogens is 316 g/mol. The molecule has 3 aromatic rings. The maximum Gasteiger partial charge on any atom is 0.263 e. The quantitative estimate of drug-likeness (QED) is 0.427. The zero-order valence-electron chi connectivity index (χ0n) is 13.8. The lowest BCUT2D eigenvalue weighted by Gasteiger charge is -2.10. The van der Waals surface area contributed by atoms with Gasteiger partial charge in [-0.2, -0.15) is 5.10 Å². The summed E-state index contributed by atoms with van der Waals surface area (Å²) in [4.78, 5) is 17.1. The van der Waals surface area contributed by atoms with Gasteiger partial charge in [0.25, 0.3) is 5.56 Å². The van der Waals surface area contributed by atoms with Crippen LogP contribution in [0.4, 0.5) is 5.95 Å². The Morgan fingerprint density at radius 3 is 2.80 bits per heavy atom. The van der Waals surface area contributed by atoms with E-state index in [0.29, 0.717) is 29.1 Å². The highest BCUT2D eigenvalue weighted by atomic mass is 16.5. The summed E-state index contributed by atoms with van der Waals surface area (Å²) in [6.07, 6.45) is 3.27. The van der Waals surface area contributed by atoms with Crippen LogP contribution >= 0.6 is 0 Å². The van der Waals surface area contributed by atoms with Gasteiger partial charge in [0, 0.05) is 12.1 Å². The predicted molar refractivity (Wildman–Crippen MR) is 100 cm³/mol. The van der Waals surface area contributed by atoms with Crippen molar-refractivity contribution in [2.24, 2.45) is 5.10 Å². The summed E-state index contributed by atoms with van der Waals surface area (Å²) in [6.45, 7) is 4.04. The number of allylic oxidation sites excluding steroid dienone is 1. The summed E-state index contributed by atoms with van der Waals surface area (Å²) >= 11 is 0. The number of rotatable bonds is 6. The molecule has 0 amide bonds. The van der Waals surface area contributed by atoms with Gasteiger partial charge in [0.2, 0.25) is 5.95 Å². The van der Waals surface area contributed by atoms with Crippen LogP contribution < -0.4 is 15.7 Å². The average Bonchev–Trinajstić information content (AvgIpc) is 2.65. The first-order chi connectivity index (χ1) is 12.2. The lowest BCUT2D eigenvalue weighted by atomic mass is 10.2. The molecule has 6 nitrogen and oxygen atoms in total. The van der Waals surface area contributed by atoms with Crippen LogP contribution in [0.1, 0.15) is 5.56 Å². The van der Waals surface area contributed by atoms with E-state index in [9.17, 15) is 4.79 Å². The molecule has 1 N–H and O–H groups in total. The number of benzene rings is 2. The van der Waals surface area contributed by atoms with Gasteiger partial charge in [0.15, 0.2) is 0 Å². The summed E-state index contributed by atoms with van der Waals surface area (Å²) in [5.74, 6) is 1.07. The monoisotopic (exact) mass is 334 g/mol. The van der Waals surface area contributed by atoms with Crippen molar-refractivity contribution in [2.75, 3.05) is 12.5 Å². The predicted octanol–water partition coefficient (Wildman–Crippen LogP) is 3.04. The first-order valence-corrected chi connectivity index (χ1v) is 7.77. The maximum absolute atomic E-state index is 12.6. The van der Waals surface area contributed by atoms with E-state index in [1.54, 1.807) is 31.5 Å². The van der Waals surface area contributed by atoms with E-state index in [2.05, 4.69) is 22.1 Å². The van der Waals surface area contributed by atoms with Crippen molar-refractivity contribution in [2.45, 2.75) is 6.54 Å². The van der Waals surface area contributed by atoms with Gasteiger partial charge in [-0.3, -0.25) is 9.36 Å². The number of para-hydroxylation sites is 2. The molecule has 0 aliphatic rings. The topological polar surface area (TPSA) is 68.5 Å². The molecule has 0 atom stereocenters. The molecule has 0 aliphatic heterocycles. The summed E-state index contributed by atoms with van der Waals surface area (Å²) in [7, 11) is 1.60. The molecule has 2 aromatic carbocycles. The van der Waals surface area contributed by atoms with Crippen molar-refractivity contribution in [1.82, 2.24) is 9.55 Å². The van der Waals surface area contributed by atoms with E-state index >= 15 is 0 Å². The zero-order valence-corrected chi connectivity index (χ0v) is 13.8. The number of anilines is 1. The van der Waals surface area contributed by atoms with E-state index in [4.69, 9.17) is 4.74 Å². The number of hydrogen-bond acceptors (Lipinski definition) is 5. The Labute approximate surface area is 145 Å². The number of fused-ring (bicyclic) bond motifs is 1. The summed E-state index contributed by atoms with van der Waals surface area (Å²) < 4.78 is 6.78. The molecule has 0 aliphatic carbocycles. The Balaban J connectivity index is 1.97. The molecule has 0 unspecified atom stereocenters. The Morgan fingerprint density at radius 1 is 1.24 bits per heavy atom. The fourth-order valence-corrected chi connectivity index (χ4v) is 2.48. The lowest BCUT2D eigenvalue weighted by molar-refractivity contribution is 0.414. The molecule has 0 radical (unpaired) electrons. The first kappa shape index (κ1) is 16.4. The summed E-state index contributed by atoms with van der Waals surface area (Å²) in [5.41, 5.74) is 4.14. The number of nitrogens with one attached hydrogen (secondary N) is 1. The third-order valence-electron chi connectivity index (χ3n) is 3.68. The van der Waals surface area contributed by atoms with Crippen LogP contribution in [0, 0.1) is 0 Å². The molecule has 25 heavy (non-hydrogen) atoms. The number of nitrogens with zero attached hydrogens (tertiary/aromatic N) is 3. The van der Waals surface area contributed by atoms with Gasteiger partial charge in [0.1, 0.15) is 5.75 Å². The van der Waals surface area contributed by atoms with Gasteiger partial charge >= 0.3 is 0 Å². The van der Waals surface area contributed by atoms with Gasteiger partial charge in [-0.25, -0.2) is 10.4 Å². The number of hydrazone groups is 1. The average molecular weight is 334 g/mol. The third kappa shape index (κ3) is 3.42. The largest absolute Gasteiger partial charge is 0.496 e. The Morgan fingerprint density at radius 2 is 2.00 bits per heavy atom. The van der Waals surface area contributed by atoms with E-state index in [1.807, 2.05) is 36.4 Å². The van der Waals surface area contributed by atoms with Gasteiger partial charge in [-0.1, -0.05) is 30.3 Å². The molecule has 0 saturated heterocycles. The maximum atomic E-state index is 12.6. The molecule has 1 aromatic heterocycles. The minimum absolute atomic E-state index is 0.138. The Bertz CT molecular complexity index is 992. The number of ether oxygens (including phenoxy) is 1. The fourth-order valence-electron chi connectivity index (χ4n) is 2.48. The molecule has 6 heteroatoms. The van der Waals surface area contributed by atoms with Gasteiger partial charge in [0.05, 0.1) is 24.2 Å². The van der Waals surface area contributed by atoms with Crippen LogP contribution in [-0.2, 0) is 6.54 Å². The molecule has 3 rings (SSSR count). The van der Waals surface area contributed by atoms with Crippen molar-refractivity contribution in [1.29, 1.82) is 0 Å². The molecule has 0 saturated carbocycles. The zero-order chi connectivity index (χ0) is 17.6. The molecular formula is C19H18N4O2. The van der Waals surface area contributed by atoms with Crippen LogP contribution in [0.3, 0.4) is 0 Å². The van der Waals surface area contributed by atoms with Crippen molar-refractivity contribution < 1.29 is 4.74 Å². The molecule has 1 heterocycles. The van der Waals surface area contributed by atoms with Crippen LogP contribution in [0.5, 0.6) is 5.75 Å². The van der Waals surface area contributed by atoms with Crippen molar-refractivity contribution in [3.8, 4) is 5.75 Å². The minimum Gasteiger partial charge on any atom is -0.496 e. The van der Waals surface area contributed by atoms with Crippen molar-refractivity contribution >= 4 is 23.1 Å². The van der Waals surface area contributed by atoms with Gasteiger partial charge < -0.3 is 4.74 Å². The molecule has 0 fully saturated rings. The number of methoxy groups -OCH3 is 1. The van der Waals surface area contributed by atoms with Crippen LogP contribution in [0.2, 0.25) is 0 Å². The third-order valence-corrected chi connectivity index (χ3v) is 3.68. The van der Waals surface area contributed by atoms with Crippen LogP contribution in [-0.4, -0.2) is 22.9 Å². The second-order valence-corrected chi connectivity index (χ2v) is 5.27. The smallest absolute Gasteiger partial charge is 0.263 e. The Kier molecular flexibility index (Phi) is 4.89. The van der Waals surface area contributed by atoms with Crippen LogP contribution in [0.15, 0.2) is 71.1 Å². The SMILES string of the molecule is C=CCn1c(NN=Cc2ccccc2OC)nc2ccccc2c1=O. The first-order valence-electron chi connectivity index (χ1n) is 7.77. The van der Waals surface area contributed by atoms with E-state index in [0.717, 1.165) is 5.56 Å². The standard InChI is InChI=1S/C19H18N4O2/c1-3-12-23-18(24)15-9-5-6-10-16(15)21-19(23)22-20-13-14-8-4-7-11-17(14)25-2/h3-11,13H,1,12H2,2H3,(H,21,22). The molecule has 126 valence electrons. The van der Waals surface area contributed by atoms with Gasteiger partial charge in [-0.05, 0) is 24.3 Å². The second kappa shape index (κ2) is 7.44. The van der Waals surface area contributed by atoms with E-state index in [1.165, 1.54) is 4.57 Å². The minimum atomic E-state index is -0.138. The summed E-state index contributed by atoms with van der Waals surface area (Å²) in [6, 6.07) is 14.7. The fraction of sp³-hybridized carbons (Fsp3) is 0.105. The molecule has 0 spiro atoms. The highest BCUT2D eigenvalue weighted by Gasteiger charge is 2.09. The van der Waals surface area contributed by atoms with Crippen LogP contribution in [0.25, 0.3) is 10.9 Å². The highest BCUT2D eigenvalue weighted by Crippen LogP contribution is 2.15. The second-order valence-electron chi connectivity index (χ2n) is 5.27. The lowest BCUT2D eigenvalue weighted by Crippen LogP contribution is -2.23. The highest BCUT2D eigenvalue weighted by molar-refractivity contribution is 5.84. The number of hydrogen-bond donors (Lipinski definition) is 1. The van der Waals surface area contributed by atoms with E-state index < -0.39 is 0 Å². The molecule has 0 bridgehead atoms. The van der Waals surface area contributed by atoms with Crippen molar-refractivity contribution in [3.05, 3.63) is 77.1 Å².